The molecule has 3 aromatic carbocycles. The van der Waals surface area contributed by atoms with Gasteiger partial charge in [-0.3, -0.25) is 19.7 Å². The maximum atomic E-state index is 12.6. The lowest BCUT2D eigenvalue weighted by atomic mass is 10.1. The molecule has 0 spiro atoms. The van der Waals surface area contributed by atoms with Crippen molar-refractivity contribution in [2.75, 3.05) is 10.6 Å². The second-order valence-corrected chi connectivity index (χ2v) is 6.63. The van der Waals surface area contributed by atoms with Crippen LogP contribution >= 0.6 is 11.6 Å². The van der Waals surface area contributed by atoms with Crippen molar-refractivity contribution in [2.45, 2.75) is 6.92 Å². The number of non-ortho nitro benzene ring substituents is 1. The first-order chi connectivity index (χ1) is 13.8. The highest BCUT2D eigenvalue weighted by Crippen LogP contribution is 2.27. The number of nitrogens with one attached hydrogen (secondary N) is 2. The van der Waals surface area contributed by atoms with Gasteiger partial charge >= 0.3 is 0 Å². The predicted molar refractivity (Wildman–Crippen MR) is 112 cm³/mol. The molecule has 2 amide bonds. The summed E-state index contributed by atoms with van der Waals surface area (Å²) in [5.41, 5.74) is 2.17. The standard InChI is InChI=1S/C21H16ClN3O4/c1-13-7-8-15(11-19(13)24-20(26)14-5-3-2-4-6-14)21(27)23-18-10-9-16(25(28)29)12-17(18)22/h2-12H,1H3,(H,23,27)(H,24,26). The Morgan fingerprint density at radius 1 is 0.862 bits per heavy atom. The highest BCUT2D eigenvalue weighted by Gasteiger charge is 2.14. The number of nitro groups is 1. The van der Waals surface area contributed by atoms with E-state index in [1.165, 1.54) is 12.1 Å². The number of nitrogens with zero attached hydrogens (tertiary/aromatic N) is 1. The van der Waals surface area contributed by atoms with E-state index >= 15 is 0 Å². The summed E-state index contributed by atoms with van der Waals surface area (Å²) in [6, 6.07) is 17.4. The smallest absolute Gasteiger partial charge is 0.271 e. The van der Waals surface area contributed by atoms with Gasteiger partial charge in [0.05, 0.1) is 15.6 Å². The highest BCUT2D eigenvalue weighted by molar-refractivity contribution is 6.34. The van der Waals surface area contributed by atoms with Crippen LogP contribution in [-0.4, -0.2) is 16.7 Å². The van der Waals surface area contributed by atoms with Crippen LogP contribution in [0.3, 0.4) is 0 Å². The van der Waals surface area contributed by atoms with Crippen LogP contribution in [-0.2, 0) is 0 Å². The number of rotatable bonds is 5. The summed E-state index contributed by atoms with van der Waals surface area (Å²) >= 11 is 6.02. The molecule has 0 bridgehead atoms. The fourth-order valence-electron chi connectivity index (χ4n) is 2.60. The molecule has 0 heterocycles. The van der Waals surface area contributed by atoms with E-state index in [0.29, 0.717) is 16.8 Å². The minimum absolute atomic E-state index is 0.0530. The summed E-state index contributed by atoms with van der Waals surface area (Å²) < 4.78 is 0. The van der Waals surface area contributed by atoms with Gasteiger partial charge < -0.3 is 10.6 Å². The predicted octanol–water partition coefficient (Wildman–Crippen LogP) is 5.06. The number of carbonyl (C=O) groups is 2. The number of halogens is 1. The van der Waals surface area contributed by atoms with Crippen molar-refractivity contribution in [3.63, 3.8) is 0 Å². The number of anilines is 2. The fraction of sp³-hybridized carbons (Fsp3) is 0.0476. The molecule has 0 aliphatic heterocycles. The molecular weight excluding hydrogens is 394 g/mol. The van der Waals surface area contributed by atoms with Crippen molar-refractivity contribution in [1.29, 1.82) is 0 Å². The Bertz CT molecular complexity index is 1100. The van der Waals surface area contributed by atoms with Crippen LogP contribution in [0.5, 0.6) is 0 Å². The average molecular weight is 410 g/mol. The molecule has 0 aromatic heterocycles. The maximum Gasteiger partial charge on any atom is 0.271 e. The third-order valence-electron chi connectivity index (χ3n) is 4.20. The van der Waals surface area contributed by atoms with Crippen molar-refractivity contribution in [2.24, 2.45) is 0 Å². The second kappa shape index (κ2) is 8.53. The summed E-state index contributed by atoms with van der Waals surface area (Å²) in [6.07, 6.45) is 0. The van der Waals surface area contributed by atoms with Gasteiger partial charge in [-0.15, -0.1) is 0 Å². The Morgan fingerprint density at radius 2 is 1.52 bits per heavy atom. The Hall–Kier alpha value is -3.71. The second-order valence-electron chi connectivity index (χ2n) is 6.23. The summed E-state index contributed by atoms with van der Waals surface area (Å²) in [6.45, 7) is 1.81. The van der Waals surface area contributed by atoms with E-state index in [4.69, 9.17) is 11.6 Å². The van der Waals surface area contributed by atoms with Crippen molar-refractivity contribution in [3.05, 3.63) is 98.6 Å². The minimum Gasteiger partial charge on any atom is -0.322 e. The molecule has 29 heavy (non-hydrogen) atoms. The largest absolute Gasteiger partial charge is 0.322 e. The van der Waals surface area contributed by atoms with Gasteiger partial charge in [0.25, 0.3) is 17.5 Å². The molecule has 0 atom stereocenters. The molecule has 3 rings (SSSR count). The summed E-state index contributed by atoms with van der Waals surface area (Å²) in [7, 11) is 0. The zero-order valence-electron chi connectivity index (χ0n) is 15.3. The molecular formula is C21H16ClN3O4. The molecule has 0 unspecified atom stereocenters. The molecule has 0 aliphatic carbocycles. The topological polar surface area (TPSA) is 101 Å². The average Bonchev–Trinajstić information content (AvgIpc) is 2.71. The van der Waals surface area contributed by atoms with Crippen molar-refractivity contribution in [1.82, 2.24) is 0 Å². The monoisotopic (exact) mass is 409 g/mol. The zero-order chi connectivity index (χ0) is 21.0. The number of carbonyl (C=O) groups excluding carboxylic acids is 2. The van der Waals surface area contributed by atoms with E-state index in [9.17, 15) is 19.7 Å². The Kier molecular flexibility index (Phi) is 5.90. The van der Waals surface area contributed by atoms with Gasteiger partial charge in [-0.05, 0) is 42.8 Å². The quantitative estimate of drug-likeness (QED) is 0.454. The van der Waals surface area contributed by atoms with Crippen molar-refractivity contribution < 1.29 is 14.5 Å². The number of aryl methyl sites for hydroxylation is 1. The SMILES string of the molecule is Cc1ccc(C(=O)Nc2ccc([N+](=O)[O-])cc2Cl)cc1NC(=O)c1ccccc1. The third-order valence-corrected chi connectivity index (χ3v) is 4.51. The van der Waals surface area contributed by atoms with E-state index < -0.39 is 10.8 Å². The first kappa shape index (κ1) is 20.0. The first-order valence-corrected chi connectivity index (χ1v) is 8.95. The number of benzene rings is 3. The summed E-state index contributed by atoms with van der Waals surface area (Å²) in [4.78, 5) is 35.2. The van der Waals surface area contributed by atoms with E-state index in [0.717, 1.165) is 11.6 Å². The van der Waals surface area contributed by atoms with Gasteiger partial charge in [0, 0.05) is 28.9 Å². The van der Waals surface area contributed by atoms with Crippen LogP contribution in [0.2, 0.25) is 5.02 Å². The van der Waals surface area contributed by atoms with Crippen LogP contribution in [0.4, 0.5) is 17.1 Å². The van der Waals surface area contributed by atoms with E-state index in [1.807, 2.05) is 13.0 Å². The molecule has 0 fully saturated rings. The summed E-state index contributed by atoms with van der Waals surface area (Å²) in [5.74, 6) is -0.749. The lowest BCUT2D eigenvalue weighted by Crippen LogP contribution is -2.15. The maximum absolute atomic E-state index is 12.6. The van der Waals surface area contributed by atoms with Crippen molar-refractivity contribution in [3.8, 4) is 0 Å². The zero-order valence-corrected chi connectivity index (χ0v) is 16.1. The van der Waals surface area contributed by atoms with Gasteiger partial charge in [-0.2, -0.15) is 0 Å². The van der Waals surface area contributed by atoms with Crippen LogP contribution < -0.4 is 10.6 Å². The molecule has 0 aliphatic rings. The minimum atomic E-state index is -0.570. The lowest BCUT2D eigenvalue weighted by molar-refractivity contribution is -0.384. The Morgan fingerprint density at radius 3 is 2.17 bits per heavy atom. The normalized spacial score (nSPS) is 10.3. The van der Waals surface area contributed by atoms with Gasteiger partial charge in [0.1, 0.15) is 0 Å². The van der Waals surface area contributed by atoms with Gasteiger partial charge in [-0.25, -0.2) is 0 Å². The number of nitro benzene ring substituents is 1. The van der Waals surface area contributed by atoms with Gasteiger partial charge in [-0.1, -0.05) is 35.9 Å². The van der Waals surface area contributed by atoms with E-state index in [1.54, 1.807) is 42.5 Å². The molecule has 3 aromatic rings. The number of hydrogen-bond acceptors (Lipinski definition) is 4. The van der Waals surface area contributed by atoms with E-state index in [-0.39, 0.29) is 22.3 Å². The van der Waals surface area contributed by atoms with E-state index in [2.05, 4.69) is 10.6 Å². The van der Waals surface area contributed by atoms with Crippen LogP contribution in [0.15, 0.2) is 66.7 Å². The summed E-state index contributed by atoms with van der Waals surface area (Å²) in [5, 5.41) is 16.3. The Labute approximate surface area is 171 Å². The van der Waals surface area contributed by atoms with Gasteiger partial charge in [0.2, 0.25) is 0 Å². The molecule has 8 heteroatoms. The fourth-order valence-corrected chi connectivity index (χ4v) is 2.82. The lowest BCUT2D eigenvalue weighted by Gasteiger charge is -2.12. The van der Waals surface area contributed by atoms with Gasteiger partial charge in [0.15, 0.2) is 0 Å². The molecule has 146 valence electrons. The molecule has 0 radical (unpaired) electrons. The van der Waals surface area contributed by atoms with Crippen LogP contribution in [0.1, 0.15) is 26.3 Å². The van der Waals surface area contributed by atoms with Crippen LogP contribution in [0, 0.1) is 17.0 Å². The Balaban J connectivity index is 1.79. The highest BCUT2D eigenvalue weighted by atomic mass is 35.5. The van der Waals surface area contributed by atoms with Crippen molar-refractivity contribution >= 4 is 40.5 Å². The van der Waals surface area contributed by atoms with Crippen LogP contribution in [0.25, 0.3) is 0 Å². The number of amides is 2. The number of hydrogen-bond donors (Lipinski definition) is 2. The molecule has 0 saturated carbocycles. The molecule has 7 nitrogen and oxygen atoms in total. The third kappa shape index (κ3) is 4.77. The molecule has 2 N–H and O–H groups in total. The first-order valence-electron chi connectivity index (χ1n) is 8.57. The molecule has 0 saturated heterocycles.